The summed E-state index contributed by atoms with van der Waals surface area (Å²) in [6.45, 7) is 5.69. The number of hydrogen-bond donors (Lipinski definition) is 0. The Labute approximate surface area is 143 Å². The highest BCUT2D eigenvalue weighted by Gasteiger charge is 2.45. The van der Waals surface area contributed by atoms with Crippen LogP contribution in [0.4, 0.5) is 4.79 Å². The minimum atomic E-state index is -0.466. The van der Waals surface area contributed by atoms with Gasteiger partial charge in [-0.3, -0.25) is 0 Å². The highest BCUT2D eigenvalue weighted by molar-refractivity contribution is 5.69. The average Bonchev–Trinajstić information content (AvgIpc) is 2.78. The van der Waals surface area contributed by atoms with E-state index >= 15 is 0 Å². The molecule has 2 aliphatic heterocycles. The normalized spacial score (nSPS) is 25.9. The van der Waals surface area contributed by atoms with Gasteiger partial charge in [-0.25, -0.2) is 4.79 Å². The van der Waals surface area contributed by atoms with Gasteiger partial charge in [-0.1, -0.05) is 0 Å². The molecule has 5 heteroatoms. The van der Waals surface area contributed by atoms with Crippen LogP contribution in [0.2, 0.25) is 0 Å². The van der Waals surface area contributed by atoms with Crippen LogP contribution in [0.15, 0.2) is 24.3 Å². The third-order valence-electron chi connectivity index (χ3n) is 4.58. The Morgan fingerprint density at radius 3 is 2.25 bits per heavy atom. The second kappa shape index (κ2) is 6.35. The van der Waals surface area contributed by atoms with Crippen molar-refractivity contribution in [1.29, 1.82) is 5.26 Å². The standard InChI is InChI=1S/C19H24N2O3/c1-19(2,3)24-18(22)21-14-6-7-15(21)11-17(10-14)23-16-8-4-13(12-20)5-9-16/h4-5,8-9,14-15,17H,6-7,10-11H2,1-3H3/t14-,15?,17?/m0/s1. The maximum atomic E-state index is 12.4. The molecule has 5 nitrogen and oxygen atoms in total. The molecule has 0 N–H and O–H groups in total. The largest absolute Gasteiger partial charge is 0.490 e. The zero-order chi connectivity index (χ0) is 17.3. The van der Waals surface area contributed by atoms with Crippen LogP contribution in [0.25, 0.3) is 0 Å². The van der Waals surface area contributed by atoms with E-state index < -0.39 is 5.60 Å². The first-order valence-corrected chi connectivity index (χ1v) is 8.54. The summed E-state index contributed by atoms with van der Waals surface area (Å²) >= 11 is 0. The van der Waals surface area contributed by atoms with Gasteiger partial charge in [-0.15, -0.1) is 0 Å². The van der Waals surface area contributed by atoms with E-state index in [0.29, 0.717) is 5.56 Å². The average molecular weight is 328 g/mol. The Bertz CT molecular complexity index is 628. The van der Waals surface area contributed by atoms with Crippen LogP contribution >= 0.6 is 0 Å². The number of carbonyl (C=O) groups is 1. The fourth-order valence-electron chi connectivity index (χ4n) is 3.64. The highest BCUT2D eigenvalue weighted by Crippen LogP contribution is 2.38. The molecule has 2 heterocycles. The SMILES string of the molecule is CC(C)(C)OC(=O)N1C2CC[C@H]1CC(Oc1ccc(C#N)cc1)C2. The van der Waals surface area contributed by atoms with Crippen molar-refractivity contribution in [1.82, 2.24) is 4.90 Å². The molecule has 24 heavy (non-hydrogen) atoms. The molecule has 3 atom stereocenters. The van der Waals surface area contributed by atoms with Crippen molar-refractivity contribution >= 4 is 6.09 Å². The summed E-state index contributed by atoms with van der Waals surface area (Å²) in [6, 6.07) is 9.69. The summed E-state index contributed by atoms with van der Waals surface area (Å²) in [4.78, 5) is 14.4. The Morgan fingerprint density at radius 1 is 1.17 bits per heavy atom. The molecule has 1 aromatic carbocycles. The predicted octanol–water partition coefficient (Wildman–Crippen LogP) is 3.87. The predicted molar refractivity (Wildman–Crippen MR) is 89.7 cm³/mol. The molecule has 0 saturated carbocycles. The van der Waals surface area contributed by atoms with Gasteiger partial charge in [0.2, 0.25) is 0 Å². The Balaban J connectivity index is 1.62. The lowest BCUT2D eigenvalue weighted by Gasteiger charge is -2.39. The highest BCUT2D eigenvalue weighted by atomic mass is 16.6. The molecule has 0 aliphatic carbocycles. The zero-order valence-electron chi connectivity index (χ0n) is 14.5. The van der Waals surface area contributed by atoms with Crippen molar-refractivity contribution in [3.63, 3.8) is 0 Å². The topological polar surface area (TPSA) is 62.6 Å². The molecule has 2 fully saturated rings. The first kappa shape index (κ1) is 16.6. The van der Waals surface area contributed by atoms with Crippen molar-refractivity contribution in [3.05, 3.63) is 29.8 Å². The van der Waals surface area contributed by atoms with Crippen LogP contribution in [0, 0.1) is 11.3 Å². The first-order valence-electron chi connectivity index (χ1n) is 8.54. The number of piperidine rings is 1. The van der Waals surface area contributed by atoms with Crippen LogP contribution in [0.3, 0.4) is 0 Å². The van der Waals surface area contributed by atoms with Crippen molar-refractivity contribution in [2.75, 3.05) is 0 Å². The summed E-state index contributed by atoms with van der Waals surface area (Å²) in [5.74, 6) is 0.782. The molecule has 2 saturated heterocycles. The third kappa shape index (κ3) is 3.64. The smallest absolute Gasteiger partial charge is 0.410 e. The maximum absolute atomic E-state index is 12.4. The number of nitriles is 1. The molecule has 1 amide bonds. The van der Waals surface area contributed by atoms with E-state index in [1.54, 1.807) is 12.1 Å². The molecule has 0 spiro atoms. The quantitative estimate of drug-likeness (QED) is 0.827. The zero-order valence-corrected chi connectivity index (χ0v) is 14.5. The lowest BCUT2D eigenvalue weighted by atomic mass is 10.00. The minimum absolute atomic E-state index is 0.106. The molecule has 3 rings (SSSR count). The summed E-state index contributed by atoms with van der Waals surface area (Å²) in [7, 11) is 0. The van der Waals surface area contributed by atoms with E-state index in [1.165, 1.54) is 0 Å². The molecular formula is C19H24N2O3. The van der Waals surface area contributed by atoms with Crippen LogP contribution in [-0.4, -0.2) is 34.8 Å². The van der Waals surface area contributed by atoms with Crippen LogP contribution in [-0.2, 0) is 4.74 Å². The number of fused-ring (bicyclic) bond motifs is 2. The fraction of sp³-hybridized carbons (Fsp3) is 0.579. The second-order valence-electron chi connectivity index (χ2n) is 7.62. The molecular weight excluding hydrogens is 304 g/mol. The monoisotopic (exact) mass is 328 g/mol. The number of carbonyl (C=O) groups excluding carboxylic acids is 1. The van der Waals surface area contributed by atoms with Crippen molar-refractivity contribution in [3.8, 4) is 11.8 Å². The van der Waals surface area contributed by atoms with Gasteiger partial charge in [0.25, 0.3) is 0 Å². The molecule has 2 aliphatic rings. The van der Waals surface area contributed by atoms with E-state index in [9.17, 15) is 4.79 Å². The summed E-state index contributed by atoms with van der Waals surface area (Å²) < 4.78 is 11.6. The van der Waals surface area contributed by atoms with E-state index in [4.69, 9.17) is 14.7 Å². The fourth-order valence-corrected chi connectivity index (χ4v) is 3.64. The van der Waals surface area contributed by atoms with Gasteiger partial charge in [0.15, 0.2) is 0 Å². The van der Waals surface area contributed by atoms with Gasteiger partial charge < -0.3 is 14.4 Å². The van der Waals surface area contributed by atoms with Crippen LogP contribution < -0.4 is 4.74 Å². The van der Waals surface area contributed by atoms with E-state index in [1.807, 2.05) is 37.8 Å². The number of rotatable bonds is 2. The van der Waals surface area contributed by atoms with Gasteiger partial charge in [0, 0.05) is 24.9 Å². The van der Waals surface area contributed by atoms with Gasteiger partial charge in [-0.05, 0) is 57.9 Å². The van der Waals surface area contributed by atoms with Gasteiger partial charge in [-0.2, -0.15) is 5.26 Å². The number of amides is 1. The van der Waals surface area contributed by atoms with Crippen molar-refractivity contribution in [2.24, 2.45) is 0 Å². The molecule has 0 aromatic heterocycles. The van der Waals surface area contributed by atoms with Gasteiger partial charge in [0.05, 0.1) is 11.6 Å². The van der Waals surface area contributed by atoms with Gasteiger partial charge in [0.1, 0.15) is 17.5 Å². The molecule has 128 valence electrons. The maximum Gasteiger partial charge on any atom is 0.410 e. The number of nitrogens with zero attached hydrogens (tertiary/aromatic N) is 2. The van der Waals surface area contributed by atoms with E-state index in [0.717, 1.165) is 31.4 Å². The number of benzene rings is 1. The molecule has 1 aromatic rings. The van der Waals surface area contributed by atoms with Gasteiger partial charge >= 0.3 is 6.09 Å². The lowest BCUT2D eigenvalue weighted by Crippen LogP contribution is -2.50. The number of hydrogen-bond acceptors (Lipinski definition) is 4. The minimum Gasteiger partial charge on any atom is -0.490 e. The third-order valence-corrected chi connectivity index (χ3v) is 4.58. The van der Waals surface area contributed by atoms with Crippen LogP contribution in [0.5, 0.6) is 5.75 Å². The second-order valence-corrected chi connectivity index (χ2v) is 7.62. The Morgan fingerprint density at radius 2 is 1.75 bits per heavy atom. The molecule has 2 bridgehead atoms. The Kier molecular flexibility index (Phi) is 4.40. The Hall–Kier alpha value is -2.22. The molecule has 2 unspecified atom stereocenters. The van der Waals surface area contributed by atoms with E-state index in [-0.39, 0.29) is 24.3 Å². The summed E-state index contributed by atoms with van der Waals surface area (Å²) in [5.41, 5.74) is 0.161. The van der Waals surface area contributed by atoms with E-state index in [2.05, 4.69) is 6.07 Å². The first-order chi connectivity index (χ1) is 11.4. The molecule has 0 radical (unpaired) electrons. The van der Waals surface area contributed by atoms with Crippen molar-refractivity contribution < 1.29 is 14.3 Å². The number of ether oxygens (including phenoxy) is 2. The van der Waals surface area contributed by atoms with Crippen molar-refractivity contribution in [2.45, 2.75) is 70.2 Å². The lowest BCUT2D eigenvalue weighted by molar-refractivity contribution is -0.00707. The summed E-state index contributed by atoms with van der Waals surface area (Å²) in [5, 5.41) is 8.85. The van der Waals surface area contributed by atoms with Crippen LogP contribution in [0.1, 0.15) is 52.0 Å². The summed E-state index contributed by atoms with van der Waals surface area (Å²) in [6.07, 6.45) is 3.58.